The smallest absolute Gasteiger partial charge is 0.249 e. The van der Waals surface area contributed by atoms with E-state index in [-0.39, 0.29) is 0 Å². The highest BCUT2D eigenvalue weighted by molar-refractivity contribution is 6.72. The Balaban J connectivity index is 2.47. The lowest BCUT2D eigenvalue weighted by Crippen LogP contribution is -2.32. The molecule has 1 aliphatic rings. The number of benzene rings is 1. The van der Waals surface area contributed by atoms with Crippen molar-refractivity contribution in [2.75, 3.05) is 0 Å². The fraction of sp³-hybridized carbons (Fsp3) is 0.647. The van der Waals surface area contributed by atoms with Crippen molar-refractivity contribution < 1.29 is 4.43 Å². The van der Waals surface area contributed by atoms with Gasteiger partial charge < -0.3 is 4.43 Å². The summed E-state index contributed by atoms with van der Waals surface area (Å²) in [5.41, 5.74) is 4.56. The topological polar surface area (TPSA) is 9.23 Å². The maximum Gasteiger partial charge on any atom is 0.249 e. The summed E-state index contributed by atoms with van der Waals surface area (Å²) in [5, 5.41) is 0. The zero-order chi connectivity index (χ0) is 14.0. The van der Waals surface area contributed by atoms with Crippen LogP contribution in [0.1, 0.15) is 62.6 Å². The van der Waals surface area contributed by atoms with Crippen molar-refractivity contribution in [1.82, 2.24) is 0 Å². The van der Waals surface area contributed by atoms with Crippen LogP contribution >= 0.6 is 0 Å². The van der Waals surface area contributed by atoms with E-state index in [4.69, 9.17) is 4.43 Å². The van der Waals surface area contributed by atoms with Gasteiger partial charge in [0.2, 0.25) is 8.32 Å². The van der Waals surface area contributed by atoms with Gasteiger partial charge in [-0.05, 0) is 55.0 Å². The lowest BCUT2D eigenvalue weighted by Gasteiger charge is -2.18. The van der Waals surface area contributed by atoms with E-state index in [1.807, 2.05) is 0 Å². The summed E-state index contributed by atoms with van der Waals surface area (Å²) in [5.74, 6) is 1.97. The lowest BCUT2D eigenvalue weighted by atomic mass is 9.88. The Bertz CT molecular complexity index is 447. The van der Waals surface area contributed by atoms with Crippen molar-refractivity contribution in [1.29, 1.82) is 0 Å². The molecule has 0 aromatic heterocycles. The summed E-state index contributed by atoms with van der Waals surface area (Å²) >= 11 is 0. The molecule has 0 amide bonds. The van der Waals surface area contributed by atoms with Crippen LogP contribution in [0.4, 0.5) is 0 Å². The fourth-order valence-corrected chi connectivity index (χ4v) is 5.41. The highest BCUT2D eigenvalue weighted by atomic mass is 28.4. The average Bonchev–Trinajstić information content (AvgIpc) is 2.69. The van der Waals surface area contributed by atoms with Gasteiger partial charge in [-0.15, -0.1) is 0 Å². The second-order valence-corrected chi connectivity index (χ2v) is 10.5. The molecule has 0 fully saturated rings. The van der Waals surface area contributed by atoms with Gasteiger partial charge in [-0.2, -0.15) is 0 Å². The molecule has 0 bridgehead atoms. The molecule has 0 saturated carbocycles. The molecule has 106 valence electrons. The lowest BCUT2D eigenvalue weighted by molar-refractivity contribution is 0.560. The van der Waals surface area contributed by atoms with Gasteiger partial charge in [0.15, 0.2) is 0 Å². The Morgan fingerprint density at radius 2 is 1.84 bits per heavy atom. The van der Waals surface area contributed by atoms with E-state index < -0.39 is 8.32 Å². The van der Waals surface area contributed by atoms with Gasteiger partial charge in [-0.3, -0.25) is 0 Å². The highest BCUT2D eigenvalue weighted by Gasteiger charge is 2.36. The maximum atomic E-state index is 6.40. The second kappa shape index (κ2) is 5.70. The third-order valence-electron chi connectivity index (χ3n) is 4.30. The predicted molar refractivity (Wildman–Crippen MR) is 85.6 cm³/mol. The van der Waals surface area contributed by atoms with E-state index in [2.05, 4.69) is 46.0 Å². The minimum Gasteiger partial charge on any atom is -0.543 e. The summed E-state index contributed by atoms with van der Waals surface area (Å²) in [4.78, 5) is 0. The predicted octanol–water partition coefficient (Wildman–Crippen LogP) is 5.22. The number of fused-ring (bicyclic) bond motifs is 1. The minimum atomic E-state index is -1.51. The Kier molecular flexibility index (Phi) is 4.39. The quantitative estimate of drug-likeness (QED) is 0.670. The fourth-order valence-electron chi connectivity index (χ4n) is 3.32. The first kappa shape index (κ1) is 14.6. The Morgan fingerprint density at radius 3 is 2.42 bits per heavy atom. The molecular formula is C17H28OSi. The number of hydrogen-bond acceptors (Lipinski definition) is 1. The van der Waals surface area contributed by atoms with Crippen molar-refractivity contribution in [2.45, 2.75) is 71.5 Å². The summed E-state index contributed by atoms with van der Waals surface area (Å²) in [7, 11) is -1.51. The summed E-state index contributed by atoms with van der Waals surface area (Å²) in [6, 6.07) is 5.91. The van der Waals surface area contributed by atoms with E-state index >= 15 is 0 Å². The van der Waals surface area contributed by atoms with Gasteiger partial charge in [0.1, 0.15) is 5.75 Å². The van der Waals surface area contributed by atoms with Crippen LogP contribution in [0, 0.1) is 0 Å². The van der Waals surface area contributed by atoms with Crippen LogP contribution in [0.15, 0.2) is 12.1 Å². The minimum absolute atomic E-state index is 0.705. The Morgan fingerprint density at radius 1 is 1.16 bits per heavy atom. The molecule has 0 spiro atoms. The van der Waals surface area contributed by atoms with Gasteiger partial charge in [0.05, 0.1) is 0 Å². The normalized spacial score (nSPS) is 16.5. The van der Waals surface area contributed by atoms with Crippen LogP contribution in [0.25, 0.3) is 0 Å². The molecule has 1 nitrogen and oxygen atoms in total. The first-order valence-corrected chi connectivity index (χ1v) is 11.0. The number of aryl methyl sites for hydroxylation is 1. The van der Waals surface area contributed by atoms with Crippen LogP contribution in [-0.2, 0) is 12.5 Å². The molecule has 0 N–H and O–H groups in total. The zero-order valence-corrected chi connectivity index (χ0v) is 14.2. The van der Waals surface area contributed by atoms with E-state index in [9.17, 15) is 0 Å². The SMILES string of the molecule is CCCc1ccc(C(CC)CC)c2c1O[Si](C)(C)C2. The van der Waals surface area contributed by atoms with E-state index in [1.165, 1.54) is 36.6 Å². The largest absolute Gasteiger partial charge is 0.543 e. The van der Waals surface area contributed by atoms with Gasteiger partial charge >= 0.3 is 0 Å². The monoisotopic (exact) mass is 276 g/mol. The van der Waals surface area contributed by atoms with Crippen LogP contribution in [0.2, 0.25) is 13.1 Å². The van der Waals surface area contributed by atoms with Gasteiger partial charge in [0.25, 0.3) is 0 Å². The molecule has 1 aliphatic heterocycles. The van der Waals surface area contributed by atoms with E-state index in [0.29, 0.717) is 5.92 Å². The van der Waals surface area contributed by atoms with Gasteiger partial charge in [0, 0.05) is 6.04 Å². The van der Waals surface area contributed by atoms with Gasteiger partial charge in [-0.1, -0.05) is 39.3 Å². The Hall–Kier alpha value is -0.763. The molecule has 0 aliphatic carbocycles. The third kappa shape index (κ3) is 2.89. The van der Waals surface area contributed by atoms with Crippen LogP contribution < -0.4 is 4.43 Å². The molecule has 0 atom stereocenters. The van der Waals surface area contributed by atoms with Crippen molar-refractivity contribution in [3.05, 3.63) is 28.8 Å². The molecule has 0 unspecified atom stereocenters. The first-order valence-electron chi connectivity index (χ1n) is 7.86. The van der Waals surface area contributed by atoms with E-state index in [0.717, 1.165) is 6.42 Å². The van der Waals surface area contributed by atoms with Crippen LogP contribution in [0.3, 0.4) is 0 Å². The van der Waals surface area contributed by atoms with Crippen molar-refractivity contribution in [2.24, 2.45) is 0 Å². The van der Waals surface area contributed by atoms with Crippen molar-refractivity contribution in [3.63, 3.8) is 0 Å². The molecule has 1 aromatic rings. The molecule has 0 radical (unpaired) electrons. The molecule has 1 aromatic carbocycles. The number of rotatable bonds is 5. The molecule has 0 saturated heterocycles. The standard InChI is InChI=1S/C17H28OSi/c1-6-9-14-10-11-15(13(7-2)8-3)16-12-19(4,5)18-17(14)16/h10-11,13H,6-9,12H2,1-5H3. The maximum absolute atomic E-state index is 6.40. The summed E-state index contributed by atoms with van der Waals surface area (Å²) < 4.78 is 6.40. The van der Waals surface area contributed by atoms with Crippen LogP contribution in [0.5, 0.6) is 5.75 Å². The van der Waals surface area contributed by atoms with E-state index in [1.54, 1.807) is 11.1 Å². The summed E-state index contributed by atoms with van der Waals surface area (Å²) in [6.07, 6.45) is 4.81. The molecule has 2 rings (SSSR count). The van der Waals surface area contributed by atoms with Gasteiger partial charge in [-0.25, -0.2) is 0 Å². The first-order chi connectivity index (χ1) is 9.02. The zero-order valence-electron chi connectivity index (χ0n) is 13.2. The second-order valence-electron chi connectivity index (χ2n) is 6.42. The Labute approximate surface area is 119 Å². The van der Waals surface area contributed by atoms with Crippen molar-refractivity contribution >= 4 is 8.32 Å². The summed E-state index contributed by atoms with van der Waals surface area (Å²) in [6.45, 7) is 11.6. The highest BCUT2D eigenvalue weighted by Crippen LogP contribution is 2.42. The molecular weight excluding hydrogens is 248 g/mol. The average molecular weight is 276 g/mol. The molecule has 19 heavy (non-hydrogen) atoms. The van der Waals surface area contributed by atoms with Crippen molar-refractivity contribution in [3.8, 4) is 5.75 Å². The van der Waals surface area contributed by atoms with Crippen LogP contribution in [-0.4, -0.2) is 8.32 Å². The third-order valence-corrected chi connectivity index (χ3v) is 6.27. The molecule has 2 heteroatoms. The number of hydrogen-bond donors (Lipinski definition) is 0. The molecule has 1 heterocycles.